The van der Waals surface area contributed by atoms with Crippen LogP contribution in [-0.4, -0.2) is 43.9 Å². The fraction of sp³-hybridized carbons (Fsp3) is 0.250. The minimum Gasteiger partial charge on any atom is -0.197 e. The summed E-state index contributed by atoms with van der Waals surface area (Å²) in [5, 5.41) is 5.72. The van der Waals surface area contributed by atoms with Gasteiger partial charge in [-0.05, 0) is 92.6 Å². The second-order valence-corrected chi connectivity index (χ2v) is 26.9. The first kappa shape index (κ1) is 53.9. The van der Waals surface area contributed by atoms with Gasteiger partial charge < -0.3 is 0 Å². The maximum atomic E-state index is 3.29. The van der Waals surface area contributed by atoms with Crippen molar-refractivity contribution in [1.29, 1.82) is 0 Å². The van der Waals surface area contributed by atoms with E-state index in [0.717, 1.165) is 0 Å². The minimum absolute atomic E-state index is 0. The summed E-state index contributed by atoms with van der Waals surface area (Å²) >= 11 is 0. The van der Waals surface area contributed by atoms with Crippen molar-refractivity contribution in [1.82, 2.24) is 0 Å². The first-order chi connectivity index (χ1) is 25.5. The summed E-state index contributed by atoms with van der Waals surface area (Å²) in [6, 6.07) is 66.5. The normalized spacial score (nSPS) is 11.4. The van der Waals surface area contributed by atoms with Crippen LogP contribution < -0.4 is 21.2 Å². The van der Waals surface area contributed by atoms with Gasteiger partial charge in [-0.2, -0.15) is 54.0 Å². The van der Waals surface area contributed by atoms with E-state index in [2.05, 4.69) is 239 Å². The molecular weight excluding hydrogens is 860 g/mol. The number of hydrogen-bond donors (Lipinski definition) is 0. The minimum atomic E-state index is -0.552. The molecule has 0 nitrogen and oxygen atoms in total. The van der Waals surface area contributed by atoms with E-state index in [1.807, 2.05) is 0 Å². The highest BCUT2D eigenvalue weighted by Gasteiger charge is 2.47. The van der Waals surface area contributed by atoms with Gasteiger partial charge in [0.1, 0.15) is 0 Å². The Morgan fingerprint density at radius 2 is 0.579 bits per heavy atom. The van der Waals surface area contributed by atoms with Gasteiger partial charge in [-0.3, -0.25) is 0 Å². The van der Waals surface area contributed by atoms with E-state index in [0.29, 0.717) is 0 Å². The molecular formula is C48H65P5S4. The van der Waals surface area contributed by atoms with Crippen molar-refractivity contribution in [2.24, 2.45) is 5.41 Å². The predicted molar refractivity (Wildman–Crippen MR) is 292 cm³/mol. The average molecular weight is 925 g/mol. The van der Waals surface area contributed by atoms with Crippen molar-refractivity contribution in [2.75, 3.05) is 39.0 Å². The fourth-order valence-electron chi connectivity index (χ4n) is 7.93. The highest BCUT2D eigenvalue weighted by atomic mass is 32.1. The summed E-state index contributed by atoms with van der Waals surface area (Å²) in [4.78, 5) is 0.0794. The number of rotatable bonds is 13. The van der Waals surface area contributed by atoms with E-state index < -0.39 is 15.8 Å². The molecule has 0 radical (unpaired) electrons. The number of benzene rings is 6. The van der Waals surface area contributed by atoms with Crippen molar-refractivity contribution in [3.8, 4) is 0 Å². The van der Waals surface area contributed by atoms with E-state index in [9.17, 15) is 0 Å². The highest BCUT2D eigenvalue weighted by Crippen LogP contribution is 2.64. The lowest BCUT2D eigenvalue weighted by atomic mass is 9.71. The third-order valence-electron chi connectivity index (χ3n) is 9.89. The van der Waals surface area contributed by atoms with Gasteiger partial charge in [-0.1, -0.05) is 203 Å². The standard InChI is InChI=1S/C27H26P2.C21H31P3.4H2S/c1-27(2,28(23-15-7-3-8-16-23)24-17-9-4-10-18-24)29(25-19-11-5-12-20-25)26-21-13-6-14-22-26;1-20(16-23(2)3,17-24(4)5)21(22,18-12-8-6-9-13-18)19-14-10-7-11-15-19;;;;/h3-22H,1-2H3;6-15H,16-17,22H2,1-5H3;4*1H2. The third-order valence-corrected chi connectivity index (χ3v) is 20.6. The van der Waals surface area contributed by atoms with E-state index in [4.69, 9.17) is 0 Å². The van der Waals surface area contributed by atoms with Gasteiger partial charge in [0.2, 0.25) is 0 Å². The van der Waals surface area contributed by atoms with E-state index in [-0.39, 0.29) is 85.3 Å². The monoisotopic (exact) mass is 924 g/mol. The molecule has 1 unspecified atom stereocenters. The molecule has 0 saturated carbocycles. The average Bonchev–Trinajstić information content (AvgIpc) is 3.16. The Bertz CT molecular complexity index is 1720. The molecule has 6 aromatic rings. The smallest absolute Gasteiger partial charge is 0.0404 e. The van der Waals surface area contributed by atoms with Gasteiger partial charge >= 0.3 is 0 Å². The van der Waals surface area contributed by atoms with Crippen molar-refractivity contribution in [2.45, 2.75) is 30.8 Å². The molecule has 0 aliphatic carbocycles. The molecule has 0 heterocycles. The molecule has 0 aliphatic rings. The summed E-state index contributed by atoms with van der Waals surface area (Å²) in [5.41, 5.74) is 3.06. The van der Waals surface area contributed by atoms with Crippen molar-refractivity contribution < 1.29 is 0 Å². The zero-order valence-electron chi connectivity index (χ0n) is 34.6. The highest BCUT2D eigenvalue weighted by molar-refractivity contribution is 7.90. The Morgan fingerprint density at radius 1 is 0.368 bits per heavy atom. The molecule has 0 spiro atoms. The van der Waals surface area contributed by atoms with Crippen molar-refractivity contribution in [3.63, 3.8) is 0 Å². The Kier molecular flexibility index (Phi) is 24.2. The van der Waals surface area contributed by atoms with Crippen LogP contribution >= 0.6 is 94.9 Å². The molecule has 0 amide bonds. The second kappa shape index (κ2) is 25.6. The van der Waals surface area contributed by atoms with Crippen LogP contribution in [0.5, 0.6) is 0 Å². The van der Waals surface area contributed by atoms with Crippen LogP contribution in [0.4, 0.5) is 0 Å². The molecule has 0 fully saturated rings. The maximum Gasteiger partial charge on any atom is 0.0404 e. The topological polar surface area (TPSA) is 0 Å². The Labute approximate surface area is 381 Å². The van der Waals surface area contributed by atoms with Crippen LogP contribution in [0.1, 0.15) is 31.9 Å². The predicted octanol–water partition coefficient (Wildman–Crippen LogP) is 12.7. The van der Waals surface area contributed by atoms with Gasteiger partial charge in [0, 0.05) is 10.1 Å². The van der Waals surface area contributed by atoms with E-state index in [1.54, 1.807) is 0 Å². The summed E-state index contributed by atoms with van der Waals surface area (Å²) in [5.74, 6) is 0. The maximum absolute atomic E-state index is 3.29. The van der Waals surface area contributed by atoms with Crippen LogP contribution in [0, 0.1) is 5.41 Å². The first-order valence-corrected chi connectivity index (χ1v) is 26.6. The van der Waals surface area contributed by atoms with Gasteiger partial charge in [0.15, 0.2) is 0 Å². The summed E-state index contributed by atoms with van der Waals surface area (Å²) in [6.45, 7) is 17.1. The molecule has 0 aliphatic heterocycles. The molecule has 306 valence electrons. The lowest BCUT2D eigenvalue weighted by molar-refractivity contribution is 0.338. The van der Waals surface area contributed by atoms with Crippen molar-refractivity contribution in [3.05, 3.63) is 193 Å². The zero-order valence-corrected chi connectivity index (χ0v) is 43.3. The molecule has 1 atom stereocenters. The fourth-order valence-corrected chi connectivity index (χ4v) is 19.7. The van der Waals surface area contributed by atoms with Gasteiger partial charge in [-0.15, -0.1) is 25.1 Å². The molecule has 6 rings (SSSR count). The quantitative estimate of drug-likeness (QED) is 0.101. The molecule has 9 heteroatoms. The molecule has 0 aromatic heterocycles. The Hall–Kier alpha value is -1.13. The first-order valence-electron chi connectivity index (χ1n) is 18.5. The lowest BCUT2D eigenvalue weighted by Crippen LogP contribution is -2.44. The third kappa shape index (κ3) is 13.7. The summed E-state index contributed by atoms with van der Waals surface area (Å²) in [6.07, 6.45) is 2.58. The summed E-state index contributed by atoms with van der Waals surface area (Å²) < 4.78 is 0. The van der Waals surface area contributed by atoms with Crippen LogP contribution in [0.25, 0.3) is 0 Å². The van der Waals surface area contributed by atoms with E-state index >= 15 is 0 Å². The van der Waals surface area contributed by atoms with Crippen molar-refractivity contribution >= 4 is 116 Å². The van der Waals surface area contributed by atoms with Crippen LogP contribution in [0.15, 0.2) is 182 Å². The molecule has 0 N–H and O–H groups in total. The zero-order chi connectivity index (χ0) is 37.9. The Morgan fingerprint density at radius 3 is 0.789 bits per heavy atom. The second-order valence-electron chi connectivity index (χ2n) is 15.1. The van der Waals surface area contributed by atoms with Gasteiger partial charge in [0.05, 0.1) is 0 Å². The van der Waals surface area contributed by atoms with Crippen LogP contribution in [0.2, 0.25) is 0 Å². The summed E-state index contributed by atoms with van der Waals surface area (Å²) in [7, 11) is 2.25. The lowest BCUT2D eigenvalue weighted by Gasteiger charge is -2.49. The van der Waals surface area contributed by atoms with Crippen LogP contribution in [0.3, 0.4) is 0 Å². The molecule has 6 aromatic carbocycles. The molecule has 0 saturated heterocycles. The number of hydrogen-bond acceptors (Lipinski definition) is 0. The Balaban J connectivity index is 0.000000542. The van der Waals surface area contributed by atoms with Crippen LogP contribution in [-0.2, 0) is 5.16 Å². The van der Waals surface area contributed by atoms with E-state index in [1.165, 1.54) is 44.7 Å². The van der Waals surface area contributed by atoms with Gasteiger partial charge in [-0.25, -0.2) is 0 Å². The molecule has 0 bridgehead atoms. The SMILES string of the molecule is CC(C)(P(c1ccccc1)c1ccccc1)P(c1ccccc1)c1ccccc1.CP(C)CC(C)(CP(C)C)C(P)(c1ccccc1)c1ccccc1.S.S.S.S. The molecule has 57 heavy (non-hydrogen) atoms. The largest absolute Gasteiger partial charge is 0.197 e. The van der Waals surface area contributed by atoms with Gasteiger partial charge in [0.25, 0.3) is 0 Å².